The summed E-state index contributed by atoms with van der Waals surface area (Å²) in [5.41, 5.74) is 4.80. The van der Waals surface area contributed by atoms with Gasteiger partial charge in [0.05, 0.1) is 6.54 Å². The molecule has 2 heterocycles. The Bertz CT molecular complexity index is 452. The molecule has 0 aromatic carbocycles. The third kappa shape index (κ3) is 3.34. The van der Waals surface area contributed by atoms with Gasteiger partial charge in [0.15, 0.2) is 0 Å². The Morgan fingerprint density at radius 3 is 2.67 bits per heavy atom. The molecule has 4 N–H and O–H groups in total. The molecule has 0 saturated carbocycles. The molecule has 0 radical (unpaired) electrons. The standard InChI is InChI=1S/C14H24N4O3/c1-9(2)5-10(7-15)6-11(19)18-4-3-14(8-18)12(20)16-13(21)17-14/h9-10H,3-8,15H2,1-2H3,(H2,16,17,20,21). The first-order chi connectivity index (χ1) is 9.86. The van der Waals surface area contributed by atoms with Gasteiger partial charge >= 0.3 is 6.03 Å². The first kappa shape index (κ1) is 15.8. The zero-order valence-corrected chi connectivity index (χ0v) is 12.6. The predicted octanol–water partition coefficient (Wildman–Crippen LogP) is -0.192. The van der Waals surface area contributed by atoms with Gasteiger partial charge in [-0.3, -0.25) is 14.9 Å². The monoisotopic (exact) mass is 296 g/mol. The molecule has 2 rings (SSSR count). The number of imide groups is 1. The number of nitrogens with one attached hydrogen (secondary N) is 2. The summed E-state index contributed by atoms with van der Waals surface area (Å²) in [7, 11) is 0. The first-order valence-corrected chi connectivity index (χ1v) is 7.48. The lowest BCUT2D eigenvalue weighted by Gasteiger charge is -2.23. The molecular formula is C14H24N4O3. The van der Waals surface area contributed by atoms with Gasteiger partial charge in [-0.15, -0.1) is 0 Å². The van der Waals surface area contributed by atoms with Crippen molar-refractivity contribution in [3.63, 3.8) is 0 Å². The van der Waals surface area contributed by atoms with E-state index in [1.165, 1.54) is 0 Å². The minimum atomic E-state index is -0.928. The Balaban J connectivity index is 1.93. The molecule has 118 valence electrons. The molecule has 2 saturated heterocycles. The van der Waals surface area contributed by atoms with E-state index in [1.54, 1.807) is 4.90 Å². The zero-order valence-electron chi connectivity index (χ0n) is 12.6. The second-order valence-corrected chi connectivity index (χ2v) is 6.49. The number of amides is 4. The molecule has 21 heavy (non-hydrogen) atoms. The minimum absolute atomic E-state index is 0.0110. The Labute approximate surface area is 124 Å². The second kappa shape index (κ2) is 6.01. The number of hydrogen-bond acceptors (Lipinski definition) is 4. The molecule has 2 unspecified atom stereocenters. The molecule has 0 aromatic rings. The van der Waals surface area contributed by atoms with E-state index in [2.05, 4.69) is 24.5 Å². The molecule has 2 atom stereocenters. The van der Waals surface area contributed by atoms with Crippen LogP contribution in [0, 0.1) is 11.8 Å². The van der Waals surface area contributed by atoms with Gasteiger partial charge in [0.25, 0.3) is 5.91 Å². The lowest BCUT2D eigenvalue weighted by Crippen LogP contribution is -2.49. The minimum Gasteiger partial charge on any atom is -0.340 e. The molecular weight excluding hydrogens is 272 g/mol. The van der Waals surface area contributed by atoms with Crippen LogP contribution < -0.4 is 16.4 Å². The quantitative estimate of drug-likeness (QED) is 0.611. The summed E-state index contributed by atoms with van der Waals surface area (Å²) in [6, 6.07) is -0.478. The van der Waals surface area contributed by atoms with Gasteiger partial charge in [0.2, 0.25) is 5.91 Å². The second-order valence-electron chi connectivity index (χ2n) is 6.49. The highest BCUT2D eigenvalue weighted by Gasteiger charge is 2.51. The van der Waals surface area contributed by atoms with E-state index < -0.39 is 11.6 Å². The van der Waals surface area contributed by atoms with Crippen LogP contribution in [0.25, 0.3) is 0 Å². The molecule has 7 nitrogen and oxygen atoms in total. The number of nitrogens with two attached hydrogens (primary N) is 1. The number of rotatable bonds is 5. The van der Waals surface area contributed by atoms with Crippen molar-refractivity contribution in [1.29, 1.82) is 0 Å². The van der Waals surface area contributed by atoms with Gasteiger partial charge in [0, 0.05) is 13.0 Å². The first-order valence-electron chi connectivity index (χ1n) is 7.48. The van der Waals surface area contributed by atoms with Crippen LogP contribution in [0.3, 0.4) is 0 Å². The van der Waals surface area contributed by atoms with Gasteiger partial charge in [-0.2, -0.15) is 0 Å². The summed E-state index contributed by atoms with van der Waals surface area (Å²) in [5, 5.41) is 4.89. The molecule has 4 amide bonds. The van der Waals surface area contributed by atoms with Crippen LogP contribution in [0.1, 0.15) is 33.1 Å². The molecule has 1 spiro atoms. The lowest BCUT2D eigenvalue weighted by atomic mass is 9.94. The third-order valence-corrected chi connectivity index (χ3v) is 4.24. The summed E-state index contributed by atoms with van der Waals surface area (Å²) < 4.78 is 0. The predicted molar refractivity (Wildman–Crippen MR) is 77.2 cm³/mol. The van der Waals surface area contributed by atoms with Crippen molar-refractivity contribution in [1.82, 2.24) is 15.5 Å². The number of carbonyl (C=O) groups is 3. The van der Waals surface area contributed by atoms with E-state index in [9.17, 15) is 14.4 Å². The highest BCUT2D eigenvalue weighted by Crippen LogP contribution is 2.26. The molecule has 0 bridgehead atoms. The fourth-order valence-corrected chi connectivity index (χ4v) is 3.14. The van der Waals surface area contributed by atoms with Crippen molar-refractivity contribution < 1.29 is 14.4 Å². The van der Waals surface area contributed by atoms with Crippen molar-refractivity contribution in [2.75, 3.05) is 19.6 Å². The topological polar surface area (TPSA) is 105 Å². The number of likely N-dealkylation sites (tertiary alicyclic amines) is 1. The van der Waals surface area contributed by atoms with Crippen LogP contribution in [-0.2, 0) is 9.59 Å². The summed E-state index contributed by atoms with van der Waals surface area (Å²) in [5.74, 6) is 0.342. The Morgan fingerprint density at radius 1 is 1.43 bits per heavy atom. The Kier molecular flexibility index (Phi) is 4.51. The number of urea groups is 1. The molecule has 2 aliphatic rings. The van der Waals surface area contributed by atoms with E-state index in [1.807, 2.05) is 0 Å². The normalized spacial score (nSPS) is 26.4. The van der Waals surface area contributed by atoms with Crippen molar-refractivity contribution in [2.45, 2.75) is 38.6 Å². The van der Waals surface area contributed by atoms with Crippen LogP contribution in [0.5, 0.6) is 0 Å². The molecule has 7 heteroatoms. The maximum atomic E-state index is 12.4. The van der Waals surface area contributed by atoms with Gasteiger partial charge in [0.1, 0.15) is 5.54 Å². The van der Waals surface area contributed by atoms with Gasteiger partial charge < -0.3 is 16.0 Å². The van der Waals surface area contributed by atoms with E-state index in [0.29, 0.717) is 31.8 Å². The molecule has 0 aromatic heterocycles. The van der Waals surface area contributed by atoms with Gasteiger partial charge in [-0.05, 0) is 31.2 Å². The SMILES string of the molecule is CC(C)CC(CN)CC(=O)N1CCC2(C1)NC(=O)NC2=O. The van der Waals surface area contributed by atoms with E-state index in [0.717, 1.165) is 6.42 Å². The fraction of sp³-hybridized carbons (Fsp3) is 0.786. The number of carbonyl (C=O) groups excluding carboxylic acids is 3. The summed E-state index contributed by atoms with van der Waals surface area (Å²) >= 11 is 0. The van der Waals surface area contributed by atoms with Crippen LogP contribution in [0.4, 0.5) is 4.79 Å². The van der Waals surface area contributed by atoms with Crippen LogP contribution in [0.2, 0.25) is 0 Å². The highest BCUT2D eigenvalue weighted by molar-refractivity contribution is 6.07. The van der Waals surface area contributed by atoms with Crippen molar-refractivity contribution in [3.8, 4) is 0 Å². The smallest absolute Gasteiger partial charge is 0.322 e. The van der Waals surface area contributed by atoms with Gasteiger partial charge in [-0.1, -0.05) is 13.8 Å². The van der Waals surface area contributed by atoms with Crippen LogP contribution in [-0.4, -0.2) is 47.9 Å². The average molecular weight is 296 g/mol. The Morgan fingerprint density at radius 2 is 2.14 bits per heavy atom. The number of hydrogen-bond donors (Lipinski definition) is 3. The summed E-state index contributed by atoms with van der Waals surface area (Å²) in [4.78, 5) is 37.1. The van der Waals surface area contributed by atoms with E-state index in [4.69, 9.17) is 5.73 Å². The maximum absolute atomic E-state index is 12.4. The third-order valence-electron chi connectivity index (χ3n) is 4.24. The lowest BCUT2D eigenvalue weighted by molar-refractivity contribution is -0.131. The van der Waals surface area contributed by atoms with Gasteiger partial charge in [-0.25, -0.2) is 4.79 Å². The van der Waals surface area contributed by atoms with Crippen molar-refractivity contribution in [2.24, 2.45) is 17.6 Å². The largest absolute Gasteiger partial charge is 0.340 e. The summed E-state index contributed by atoms with van der Waals surface area (Å²) in [6.07, 6.45) is 1.78. The Hall–Kier alpha value is -1.63. The van der Waals surface area contributed by atoms with Crippen LogP contribution >= 0.6 is 0 Å². The average Bonchev–Trinajstić information content (AvgIpc) is 2.93. The molecule has 0 aliphatic carbocycles. The maximum Gasteiger partial charge on any atom is 0.322 e. The van der Waals surface area contributed by atoms with Crippen molar-refractivity contribution in [3.05, 3.63) is 0 Å². The number of nitrogens with zero attached hydrogens (tertiary/aromatic N) is 1. The van der Waals surface area contributed by atoms with Crippen molar-refractivity contribution >= 4 is 17.8 Å². The van der Waals surface area contributed by atoms with E-state index in [-0.39, 0.29) is 24.3 Å². The summed E-state index contributed by atoms with van der Waals surface area (Å²) in [6.45, 7) is 5.45. The molecule has 2 aliphatic heterocycles. The van der Waals surface area contributed by atoms with Crippen LogP contribution in [0.15, 0.2) is 0 Å². The van der Waals surface area contributed by atoms with E-state index >= 15 is 0 Å². The zero-order chi connectivity index (χ0) is 15.6. The highest BCUT2D eigenvalue weighted by atomic mass is 16.2. The molecule has 2 fully saturated rings. The fourth-order valence-electron chi connectivity index (χ4n) is 3.14.